The van der Waals surface area contributed by atoms with E-state index in [4.69, 9.17) is 0 Å². The van der Waals surface area contributed by atoms with Gasteiger partial charge in [0.15, 0.2) is 11.5 Å². The molecule has 0 aliphatic rings. The molecular weight excluding hydrogens is 230 g/mol. The van der Waals surface area contributed by atoms with Crippen LogP contribution < -0.4 is 11.0 Å². The van der Waals surface area contributed by atoms with Crippen LogP contribution in [0, 0.1) is 6.92 Å². The normalized spacial score (nSPS) is 10.7. The highest BCUT2D eigenvalue weighted by Gasteiger charge is 2.02. The van der Waals surface area contributed by atoms with E-state index in [2.05, 4.69) is 20.6 Å². The van der Waals surface area contributed by atoms with Gasteiger partial charge in [-0.25, -0.2) is 9.89 Å². The fourth-order valence-corrected chi connectivity index (χ4v) is 1.65. The lowest BCUT2D eigenvalue weighted by atomic mass is 10.2. The van der Waals surface area contributed by atoms with Crippen LogP contribution in [0.4, 0.5) is 11.5 Å². The smallest absolute Gasteiger partial charge is 0.339 e. The quantitative estimate of drug-likeness (QED) is 0.712. The van der Waals surface area contributed by atoms with Crippen molar-refractivity contribution in [3.05, 3.63) is 52.4 Å². The van der Waals surface area contributed by atoms with Crippen LogP contribution in [-0.2, 0) is 0 Å². The third-order valence-electron chi connectivity index (χ3n) is 2.60. The molecule has 2 N–H and O–H groups in total. The van der Waals surface area contributed by atoms with E-state index in [1.165, 1.54) is 10.1 Å². The summed E-state index contributed by atoms with van der Waals surface area (Å²) in [5.74, 6) is 0.592. The van der Waals surface area contributed by atoms with E-state index >= 15 is 0 Å². The Hall–Kier alpha value is -2.63. The number of aryl methyl sites for hydroxylation is 1. The summed E-state index contributed by atoms with van der Waals surface area (Å²) < 4.78 is 1.22. The molecule has 3 aromatic rings. The lowest BCUT2D eigenvalue weighted by Gasteiger charge is -2.05. The predicted octanol–water partition coefficient (Wildman–Crippen LogP) is 1.47. The maximum atomic E-state index is 11.4. The molecule has 3 rings (SSSR count). The molecule has 90 valence electrons. The van der Waals surface area contributed by atoms with Gasteiger partial charge >= 0.3 is 5.69 Å². The summed E-state index contributed by atoms with van der Waals surface area (Å²) in [6.07, 6.45) is 0. The van der Waals surface area contributed by atoms with Crippen molar-refractivity contribution in [3.63, 3.8) is 0 Å². The largest absolute Gasteiger partial charge is 0.364 e. The van der Waals surface area contributed by atoms with Gasteiger partial charge in [0.25, 0.3) is 0 Å². The van der Waals surface area contributed by atoms with E-state index in [1.54, 1.807) is 12.1 Å². The van der Waals surface area contributed by atoms with Crippen LogP contribution in [0.5, 0.6) is 0 Å². The monoisotopic (exact) mass is 241 g/mol. The highest BCUT2D eigenvalue weighted by atomic mass is 16.2. The molecule has 0 bridgehead atoms. The van der Waals surface area contributed by atoms with E-state index in [0.717, 1.165) is 5.69 Å². The number of H-pyrrole nitrogens is 1. The molecule has 0 aliphatic heterocycles. The highest BCUT2D eigenvalue weighted by molar-refractivity contribution is 5.57. The first kappa shape index (κ1) is 10.5. The van der Waals surface area contributed by atoms with E-state index in [0.29, 0.717) is 11.5 Å². The number of nitrogens with zero attached hydrogens (tertiary/aromatic N) is 3. The zero-order valence-electron chi connectivity index (χ0n) is 9.71. The molecule has 0 aliphatic carbocycles. The van der Waals surface area contributed by atoms with Crippen molar-refractivity contribution in [1.82, 2.24) is 19.8 Å². The number of fused-ring (bicyclic) bond motifs is 1. The molecule has 1 aromatic carbocycles. The number of nitrogens with one attached hydrogen (secondary N) is 2. The molecule has 0 saturated heterocycles. The van der Waals surface area contributed by atoms with Gasteiger partial charge in [-0.15, -0.1) is 5.10 Å². The Labute approximate surface area is 102 Å². The molecule has 6 heteroatoms. The maximum Gasteiger partial charge on any atom is 0.364 e. The minimum Gasteiger partial charge on any atom is -0.339 e. The Bertz CT molecular complexity index is 741. The lowest BCUT2D eigenvalue weighted by Crippen LogP contribution is -2.13. The first-order valence-corrected chi connectivity index (χ1v) is 5.50. The summed E-state index contributed by atoms with van der Waals surface area (Å²) in [6, 6.07) is 11.4. The van der Waals surface area contributed by atoms with Crippen molar-refractivity contribution in [3.8, 4) is 0 Å². The number of aromatic nitrogens is 4. The van der Waals surface area contributed by atoms with Crippen LogP contribution in [0.25, 0.3) is 5.65 Å². The fourth-order valence-electron chi connectivity index (χ4n) is 1.65. The Morgan fingerprint density at radius 2 is 1.94 bits per heavy atom. The van der Waals surface area contributed by atoms with Crippen molar-refractivity contribution < 1.29 is 0 Å². The van der Waals surface area contributed by atoms with Gasteiger partial charge in [-0.2, -0.15) is 9.61 Å². The van der Waals surface area contributed by atoms with Crippen molar-refractivity contribution in [1.29, 1.82) is 0 Å². The molecular formula is C12H11N5O. The number of anilines is 2. The number of hydrogen-bond acceptors (Lipinski definition) is 4. The first-order valence-electron chi connectivity index (χ1n) is 5.50. The van der Waals surface area contributed by atoms with Crippen molar-refractivity contribution in [2.75, 3.05) is 5.32 Å². The molecule has 0 fully saturated rings. The van der Waals surface area contributed by atoms with Crippen LogP contribution in [-0.4, -0.2) is 19.8 Å². The predicted molar refractivity (Wildman–Crippen MR) is 68.1 cm³/mol. The third kappa shape index (κ3) is 1.84. The number of hydrogen-bond donors (Lipinski definition) is 2. The molecule has 0 amide bonds. The summed E-state index contributed by atoms with van der Waals surface area (Å²) in [5.41, 5.74) is 2.26. The summed E-state index contributed by atoms with van der Waals surface area (Å²) in [7, 11) is 0. The molecule has 0 saturated carbocycles. The van der Waals surface area contributed by atoms with Crippen LogP contribution in [0.3, 0.4) is 0 Å². The van der Waals surface area contributed by atoms with E-state index < -0.39 is 0 Å². The molecule has 0 unspecified atom stereocenters. The SMILES string of the molecule is Cc1ccc(Nc2ccc3n[nH]c(=O)n3n2)cc1. The minimum atomic E-state index is -0.349. The molecule has 0 spiro atoms. The van der Waals surface area contributed by atoms with Crippen LogP contribution in [0.1, 0.15) is 5.56 Å². The first-order chi connectivity index (χ1) is 8.72. The second-order valence-corrected chi connectivity index (χ2v) is 4.01. The topological polar surface area (TPSA) is 75.1 Å². The molecule has 0 atom stereocenters. The maximum absolute atomic E-state index is 11.4. The molecule has 6 nitrogen and oxygen atoms in total. The van der Waals surface area contributed by atoms with E-state index in [9.17, 15) is 4.79 Å². The number of benzene rings is 1. The molecule has 18 heavy (non-hydrogen) atoms. The summed E-state index contributed by atoms with van der Waals surface area (Å²) in [5, 5.41) is 13.4. The van der Waals surface area contributed by atoms with Crippen LogP contribution in [0.2, 0.25) is 0 Å². The van der Waals surface area contributed by atoms with Gasteiger partial charge in [-0.3, -0.25) is 0 Å². The number of rotatable bonds is 2. The van der Waals surface area contributed by atoms with E-state index in [1.807, 2.05) is 31.2 Å². The lowest BCUT2D eigenvalue weighted by molar-refractivity contribution is 0.885. The van der Waals surface area contributed by atoms with Gasteiger partial charge in [0, 0.05) is 5.69 Å². The summed E-state index contributed by atoms with van der Waals surface area (Å²) >= 11 is 0. The second-order valence-electron chi connectivity index (χ2n) is 4.01. The van der Waals surface area contributed by atoms with Gasteiger partial charge in [-0.1, -0.05) is 17.7 Å². The molecule has 2 aromatic heterocycles. The zero-order valence-corrected chi connectivity index (χ0v) is 9.71. The van der Waals surface area contributed by atoms with Gasteiger partial charge < -0.3 is 5.32 Å². The van der Waals surface area contributed by atoms with Gasteiger partial charge in [0.05, 0.1) is 0 Å². The average molecular weight is 241 g/mol. The minimum absolute atomic E-state index is 0.349. The zero-order chi connectivity index (χ0) is 12.5. The van der Waals surface area contributed by atoms with Crippen molar-refractivity contribution in [2.45, 2.75) is 6.92 Å². The highest BCUT2D eigenvalue weighted by Crippen LogP contribution is 2.14. The van der Waals surface area contributed by atoms with Gasteiger partial charge in [-0.05, 0) is 31.2 Å². The van der Waals surface area contributed by atoms with Gasteiger partial charge in [0.2, 0.25) is 0 Å². The Morgan fingerprint density at radius 1 is 1.17 bits per heavy atom. The summed E-state index contributed by atoms with van der Waals surface area (Å²) in [6.45, 7) is 2.03. The Morgan fingerprint density at radius 3 is 2.72 bits per heavy atom. The van der Waals surface area contributed by atoms with Crippen LogP contribution in [0.15, 0.2) is 41.2 Å². The van der Waals surface area contributed by atoms with Gasteiger partial charge in [0.1, 0.15) is 0 Å². The van der Waals surface area contributed by atoms with Crippen LogP contribution >= 0.6 is 0 Å². The number of aromatic amines is 1. The Balaban J connectivity index is 1.97. The van der Waals surface area contributed by atoms with E-state index in [-0.39, 0.29) is 5.69 Å². The summed E-state index contributed by atoms with van der Waals surface area (Å²) in [4.78, 5) is 11.4. The third-order valence-corrected chi connectivity index (χ3v) is 2.60. The average Bonchev–Trinajstić information content (AvgIpc) is 2.74. The second kappa shape index (κ2) is 3.99. The molecule has 2 heterocycles. The fraction of sp³-hybridized carbons (Fsp3) is 0.0833. The Kier molecular flexibility index (Phi) is 2.33. The van der Waals surface area contributed by atoms with Crippen molar-refractivity contribution in [2.24, 2.45) is 0 Å². The van der Waals surface area contributed by atoms with Crippen molar-refractivity contribution >= 4 is 17.2 Å². The standard InChI is InChI=1S/C12H11N5O/c1-8-2-4-9(5-3-8)13-10-6-7-11-14-15-12(18)17(11)16-10/h2-7H,1H3,(H,13,16)(H,15,18). The molecule has 0 radical (unpaired) electrons.